The summed E-state index contributed by atoms with van der Waals surface area (Å²) in [6.07, 6.45) is 2.96. The standard InChI is InChI=1S/C17H16BrNO3S/c1-19(10-14-8-9-23-12-14)16(20)11-22-17(21)7-4-13-2-5-15(18)6-3-13/h2-9,12H,10-11H2,1H3/b7-4+. The maximum absolute atomic E-state index is 11.9. The van der Waals surface area contributed by atoms with Crippen molar-refractivity contribution < 1.29 is 14.3 Å². The van der Waals surface area contributed by atoms with Crippen LogP contribution in [-0.4, -0.2) is 30.4 Å². The van der Waals surface area contributed by atoms with Gasteiger partial charge in [0.2, 0.25) is 0 Å². The highest BCUT2D eigenvalue weighted by molar-refractivity contribution is 9.10. The number of carbonyl (C=O) groups is 2. The van der Waals surface area contributed by atoms with Gasteiger partial charge in [-0.25, -0.2) is 4.79 Å². The van der Waals surface area contributed by atoms with Gasteiger partial charge >= 0.3 is 5.97 Å². The summed E-state index contributed by atoms with van der Waals surface area (Å²) in [5.41, 5.74) is 1.94. The fourth-order valence-corrected chi connectivity index (χ4v) is 2.70. The third-order valence-electron chi connectivity index (χ3n) is 3.05. The number of likely N-dealkylation sites (N-methyl/N-ethyl adjacent to an activating group) is 1. The molecule has 0 aliphatic heterocycles. The van der Waals surface area contributed by atoms with Crippen molar-refractivity contribution in [3.05, 3.63) is 62.8 Å². The van der Waals surface area contributed by atoms with Gasteiger partial charge < -0.3 is 9.64 Å². The molecule has 0 radical (unpaired) electrons. The van der Waals surface area contributed by atoms with E-state index >= 15 is 0 Å². The van der Waals surface area contributed by atoms with Crippen LogP contribution in [0.1, 0.15) is 11.1 Å². The molecule has 23 heavy (non-hydrogen) atoms. The summed E-state index contributed by atoms with van der Waals surface area (Å²) >= 11 is 4.93. The van der Waals surface area contributed by atoms with Gasteiger partial charge in [0.25, 0.3) is 5.91 Å². The van der Waals surface area contributed by atoms with E-state index in [1.54, 1.807) is 24.5 Å². The van der Waals surface area contributed by atoms with E-state index in [9.17, 15) is 9.59 Å². The minimum Gasteiger partial charge on any atom is -0.452 e. The molecule has 1 aromatic carbocycles. The van der Waals surface area contributed by atoms with Crippen LogP contribution in [0, 0.1) is 0 Å². The molecule has 0 N–H and O–H groups in total. The van der Waals surface area contributed by atoms with Gasteiger partial charge in [-0.3, -0.25) is 4.79 Å². The Kier molecular flexibility index (Phi) is 6.55. The van der Waals surface area contributed by atoms with Crippen LogP contribution >= 0.6 is 27.3 Å². The normalized spacial score (nSPS) is 10.7. The molecule has 0 spiro atoms. The minimum atomic E-state index is -0.537. The van der Waals surface area contributed by atoms with E-state index in [1.165, 1.54) is 11.0 Å². The number of halogens is 1. The number of ether oxygens (including phenoxy) is 1. The van der Waals surface area contributed by atoms with Crippen molar-refractivity contribution in [3.63, 3.8) is 0 Å². The second kappa shape index (κ2) is 8.64. The molecule has 120 valence electrons. The molecular formula is C17H16BrNO3S. The Morgan fingerprint density at radius 2 is 2.00 bits per heavy atom. The molecule has 0 atom stereocenters. The van der Waals surface area contributed by atoms with Crippen molar-refractivity contribution in [1.82, 2.24) is 4.90 Å². The molecule has 0 bridgehead atoms. The van der Waals surface area contributed by atoms with Crippen molar-refractivity contribution in [2.75, 3.05) is 13.7 Å². The fourth-order valence-electron chi connectivity index (χ4n) is 1.77. The van der Waals surface area contributed by atoms with Gasteiger partial charge in [0, 0.05) is 24.1 Å². The Bertz CT molecular complexity index is 680. The fraction of sp³-hybridized carbons (Fsp3) is 0.176. The number of esters is 1. The first-order valence-corrected chi connectivity index (χ1v) is 8.63. The van der Waals surface area contributed by atoms with E-state index in [0.717, 1.165) is 15.6 Å². The SMILES string of the molecule is CN(Cc1ccsc1)C(=O)COC(=O)/C=C/c1ccc(Br)cc1. The maximum Gasteiger partial charge on any atom is 0.331 e. The molecule has 6 heteroatoms. The first-order chi connectivity index (χ1) is 11.0. The summed E-state index contributed by atoms with van der Waals surface area (Å²) < 4.78 is 5.93. The lowest BCUT2D eigenvalue weighted by Crippen LogP contribution is -2.30. The Labute approximate surface area is 147 Å². The predicted molar refractivity (Wildman–Crippen MR) is 94.9 cm³/mol. The third kappa shape index (κ3) is 6.00. The number of benzene rings is 1. The Morgan fingerprint density at radius 3 is 2.65 bits per heavy atom. The zero-order valence-electron chi connectivity index (χ0n) is 12.6. The van der Waals surface area contributed by atoms with Crippen molar-refractivity contribution in [1.29, 1.82) is 0 Å². The summed E-state index contributed by atoms with van der Waals surface area (Å²) in [6.45, 7) is 0.249. The summed E-state index contributed by atoms with van der Waals surface area (Å²) in [5, 5.41) is 3.94. The molecule has 0 aliphatic carbocycles. The molecule has 1 aromatic heterocycles. The summed E-state index contributed by atoms with van der Waals surface area (Å²) in [5.74, 6) is -0.771. The molecule has 1 heterocycles. The average molecular weight is 394 g/mol. The van der Waals surface area contributed by atoms with Crippen LogP contribution < -0.4 is 0 Å². The van der Waals surface area contributed by atoms with E-state index < -0.39 is 5.97 Å². The zero-order valence-corrected chi connectivity index (χ0v) is 15.0. The number of hydrogen-bond donors (Lipinski definition) is 0. The highest BCUT2D eigenvalue weighted by atomic mass is 79.9. The van der Waals surface area contributed by atoms with Crippen LogP contribution in [0.4, 0.5) is 0 Å². The Hall–Kier alpha value is -1.92. The van der Waals surface area contributed by atoms with Gasteiger partial charge in [-0.15, -0.1) is 0 Å². The minimum absolute atomic E-state index is 0.235. The van der Waals surface area contributed by atoms with Crippen LogP contribution in [0.2, 0.25) is 0 Å². The number of rotatable bonds is 6. The second-order valence-corrected chi connectivity index (χ2v) is 6.57. The molecule has 1 amide bonds. The van der Waals surface area contributed by atoms with E-state index in [1.807, 2.05) is 41.1 Å². The van der Waals surface area contributed by atoms with E-state index in [2.05, 4.69) is 15.9 Å². The quantitative estimate of drug-likeness (QED) is 0.554. The third-order valence-corrected chi connectivity index (χ3v) is 4.31. The van der Waals surface area contributed by atoms with Gasteiger partial charge in [0.1, 0.15) is 0 Å². The molecule has 0 saturated carbocycles. The van der Waals surface area contributed by atoms with Crippen LogP contribution in [-0.2, 0) is 20.9 Å². The lowest BCUT2D eigenvalue weighted by Gasteiger charge is -2.15. The topological polar surface area (TPSA) is 46.6 Å². The number of hydrogen-bond acceptors (Lipinski definition) is 4. The molecule has 2 aromatic rings. The predicted octanol–water partition coefficient (Wildman–Crippen LogP) is 3.73. The number of amides is 1. The largest absolute Gasteiger partial charge is 0.452 e. The lowest BCUT2D eigenvalue weighted by molar-refractivity contribution is -0.147. The lowest BCUT2D eigenvalue weighted by atomic mass is 10.2. The van der Waals surface area contributed by atoms with Gasteiger partial charge in [-0.05, 0) is 46.2 Å². The second-order valence-electron chi connectivity index (χ2n) is 4.87. The van der Waals surface area contributed by atoms with E-state index in [-0.39, 0.29) is 12.5 Å². The highest BCUT2D eigenvalue weighted by Gasteiger charge is 2.11. The molecule has 0 fully saturated rings. The Morgan fingerprint density at radius 1 is 1.26 bits per heavy atom. The van der Waals surface area contributed by atoms with Crippen LogP contribution in [0.25, 0.3) is 6.08 Å². The number of carbonyl (C=O) groups excluding carboxylic acids is 2. The molecule has 2 rings (SSSR count). The van der Waals surface area contributed by atoms with Crippen LogP contribution in [0.15, 0.2) is 51.6 Å². The van der Waals surface area contributed by atoms with Gasteiger partial charge in [-0.1, -0.05) is 28.1 Å². The number of thiophene rings is 1. The van der Waals surface area contributed by atoms with Gasteiger partial charge in [0.05, 0.1) is 0 Å². The van der Waals surface area contributed by atoms with Gasteiger partial charge in [0.15, 0.2) is 6.61 Å². The van der Waals surface area contributed by atoms with E-state index in [4.69, 9.17) is 4.74 Å². The van der Waals surface area contributed by atoms with Crippen LogP contribution in [0.5, 0.6) is 0 Å². The van der Waals surface area contributed by atoms with E-state index in [0.29, 0.717) is 6.54 Å². The van der Waals surface area contributed by atoms with Crippen molar-refractivity contribution >= 4 is 45.2 Å². The first-order valence-electron chi connectivity index (χ1n) is 6.90. The van der Waals surface area contributed by atoms with Gasteiger partial charge in [-0.2, -0.15) is 11.3 Å². The molecular weight excluding hydrogens is 378 g/mol. The molecule has 4 nitrogen and oxygen atoms in total. The molecule has 0 unspecified atom stereocenters. The molecule has 0 aliphatic rings. The summed E-state index contributed by atoms with van der Waals surface area (Å²) in [4.78, 5) is 25.1. The summed E-state index contributed by atoms with van der Waals surface area (Å²) in [6, 6.07) is 9.46. The Balaban J connectivity index is 1.77. The first kappa shape index (κ1) is 17.4. The van der Waals surface area contributed by atoms with Crippen molar-refractivity contribution in [3.8, 4) is 0 Å². The highest BCUT2D eigenvalue weighted by Crippen LogP contribution is 2.11. The van der Waals surface area contributed by atoms with Crippen molar-refractivity contribution in [2.45, 2.75) is 6.54 Å². The maximum atomic E-state index is 11.9. The van der Waals surface area contributed by atoms with Crippen molar-refractivity contribution in [2.24, 2.45) is 0 Å². The monoisotopic (exact) mass is 393 g/mol. The van der Waals surface area contributed by atoms with Crippen LogP contribution in [0.3, 0.4) is 0 Å². The number of nitrogens with zero attached hydrogens (tertiary/aromatic N) is 1. The summed E-state index contributed by atoms with van der Waals surface area (Å²) in [7, 11) is 1.69. The smallest absolute Gasteiger partial charge is 0.331 e. The average Bonchev–Trinajstić information content (AvgIpc) is 3.05. The molecule has 0 saturated heterocycles. The zero-order chi connectivity index (χ0) is 16.7.